The Morgan fingerprint density at radius 3 is 2.64 bits per heavy atom. The van der Waals surface area contributed by atoms with Gasteiger partial charge in [0.2, 0.25) is 5.91 Å². The molecular formula is C31H40N6O2. The molecule has 8 heteroatoms. The van der Waals surface area contributed by atoms with Crippen LogP contribution in [-0.4, -0.2) is 52.2 Å². The molecule has 2 aliphatic rings. The van der Waals surface area contributed by atoms with E-state index in [4.69, 9.17) is 0 Å². The van der Waals surface area contributed by atoms with Crippen molar-refractivity contribution >= 4 is 29.0 Å². The Bertz CT molecular complexity index is 1340. The number of rotatable bonds is 7. The first kappa shape index (κ1) is 26.9. The maximum atomic E-state index is 13.8. The number of aryl methyl sites for hydroxylation is 3. The van der Waals surface area contributed by atoms with Crippen LogP contribution in [0.2, 0.25) is 0 Å². The topological polar surface area (TPSA) is 82.5 Å². The molecule has 0 saturated carbocycles. The Labute approximate surface area is 231 Å². The van der Waals surface area contributed by atoms with E-state index in [1.165, 1.54) is 0 Å². The van der Waals surface area contributed by atoms with Gasteiger partial charge in [-0.2, -0.15) is 5.10 Å². The molecule has 0 aliphatic carbocycles. The Kier molecular flexibility index (Phi) is 8.02. The van der Waals surface area contributed by atoms with E-state index < -0.39 is 0 Å². The summed E-state index contributed by atoms with van der Waals surface area (Å²) in [5.74, 6) is 1.70. The number of hydrogen-bond acceptors (Lipinski definition) is 5. The van der Waals surface area contributed by atoms with E-state index in [1.54, 1.807) is 4.68 Å². The fourth-order valence-corrected chi connectivity index (χ4v) is 5.54. The van der Waals surface area contributed by atoms with Gasteiger partial charge in [-0.3, -0.25) is 14.3 Å². The zero-order chi connectivity index (χ0) is 27.5. The van der Waals surface area contributed by atoms with Gasteiger partial charge in [0, 0.05) is 43.7 Å². The SMILES string of the molecule is Cc1cc(C(=O)N2Cc3cnn(C)c3Nc3ccccc32)ccc1CCC(=O)N1CCC(NCC(C)C)CC1. The first-order valence-corrected chi connectivity index (χ1v) is 14.1. The summed E-state index contributed by atoms with van der Waals surface area (Å²) in [5.41, 5.74) is 5.47. The van der Waals surface area contributed by atoms with Crippen LogP contribution in [0.5, 0.6) is 0 Å². The summed E-state index contributed by atoms with van der Waals surface area (Å²) in [7, 11) is 1.89. The Balaban J connectivity index is 1.23. The molecule has 0 atom stereocenters. The molecule has 5 rings (SSSR count). The lowest BCUT2D eigenvalue weighted by Crippen LogP contribution is -2.45. The third kappa shape index (κ3) is 6.01. The summed E-state index contributed by atoms with van der Waals surface area (Å²) < 4.78 is 1.80. The van der Waals surface area contributed by atoms with Crippen molar-refractivity contribution in [2.24, 2.45) is 13.0 Å². The second-order valence-corrected chi connectivity index (χ2v) is 11.3. The predicted molar refractivity (Wildman–Crippen MR) is 155 cm³/mol. The van der Waals surface area contributed by atoms with Crippen LogP contribution in [0.25, 0.3) is 0 Å². The van der Waals surface area contributed by atoms with Crippen molar-refractivity contribution in [3.05, 3.63) is 70.9 Å². The van der Waals surface area contributed by atoms with Crippen molar-refractivity contribution in [1.29, 1.82) is 0 Å². The third-order valence-electron chi connectivity index (χ3n) is 7.90. The van der Waals surface area contributed by atoms with Gasteiger partial charge in [-0.15, -0.1) is 0 Å². The molecule has 0 spiro atoms. The van der Waals surface area contributed by atoms with Crippen LogP contribution in [0.1, 0.15) is 60.2 Å². The maximum Gasteiger partial charge on any atom is 0.258 e. The minimum Gasteiger partial charge on any atom is -0.343 e. The fraction of sp³-hybridized carbons (Fsp3) is 0.452. The van der Waals surface area contributed by atoms with Crippen LogP contribution in [0.3, 0.4) is 0 Å². The lowest BCUT2D eigenvalue weighted by molar-refractivity contribution is -0.132. The zero-order valence-electron chi connectivity index (χ0n) is 23.5. The molecule has 1 saturated heterocycles. The summed E-state index contributed by atoms with van der Waals surface area (Å²) in [5, 5.41) is 11.4. The number of nitrogens with zero attached hydrogens (tertiary/aromatic N) is 4. The van der Waals surface area contributed by atoms with Crippen molar-refractivity contribution in [3.63, 3.8) is 0 Å². The van der Waals surface area contributed by atoms with Gasteiger partial charge in [-0.1, -0.05) is 32.0 Å². The number of carbonyl (C=O) groups is 2. The highest BCUT2D eigenvalue weighted by Gasteiger charge is 2.27. The first-order valence-electron chi connectivity index (χ1n) is 14.1. The number of piperidine rings is 1. The molecule has 2 aromatic carbocycles. The average molecular weight is 529 g/mol. The second-order valence-electron chi connectivity index (χ2n) is 11.3. The molecular weight excluding hydrogens is 488 g/mol. The van der Waals surface area contributed by atoms with Crippen molar-refractivity contribution < 1.29 is 9.59 Å². The van der Waals surface area contributed by atoms with Gasteiger partial charge in [0.15, 0.2) is 0 Å². The van der Waals surface area contributed by atoms with E-state index in [-0.39, 0.29) is 11.8 Å². The van der Waals surface area contributed by atoms with Gasteiger partial charge in [0.1, 0.15) is 5.82 Å². The smallest absolute Gasteiger partial charge is 0.258 e. The standard InChI is InChI=1S/C31H40N6O2/c1-21(2)18-32-26-13-15-36(16-14-26)29(38)12-11-23-9-10-24(17-22(23)3)31(39)37-20-25-19-33-35(4)30(25)34-27-7-5-6-8-28(27)37/h5-10,17,19,21,26,32,34H,11-16,18,20H2,1-4H3. The van der Waals surface area contributed by atoms with E-state index in [2.05, 4.69) is 29.6 Å². The van der Waals surface area contributed by atoms with Gasteiger partial charge in [0.25, 0.3) is 5.91 Å². The molecule has 39 heavy (non-hydrogen) atoms. The number of likely N-dealkylation sites (tertiary alicyclic amines) is 1. The summed E-state index contributed by atoms with van der Waals surface area (Å²) in [6.07, 6.45) is 5.02. The van der Waals surface area contributed by atoms with E-state index in [1.807, 2.05) is 72.4 Å². The summed E-state index contributed by atoms with van der Waals surface area (Å²) in [6.45, 7) is 9.58. The average Bonchev–Trinajstić information content (AvgIpc) is 3.18. The highest BCUT2D eigenvalue weighted by atomic mass is 16.2. The number of benzene rings is 2. The van der Waals surface area contributed by atoms with Crippen LogP contribution in [0.15, 0.2) is 48.7 Å². The lowest BCUT2D eigenvalue weighted by atomic mass is 9.99. The first-order chi connectivity index (χ1) is 18.8. The quantitative estimate of drug-likeness (QED) is 0.460. The second kappa shape index (κ2) is 11.6. The predicted octanol–water partition coefficient (Wildman–Crippen LogP) is 4.80. The molecule has 0 radical (unpaired) electrons. The summed E-state index contributed by atoms with van der Waals surface area (Å²) >= 11 is 0. The monoisotopic (exact) mass is 528 g/mol. The summed E-state index contributed by atoms with van der Waals surface area (Å²) in [6, 6.07) is 14.2. The van der Waals surface area contributed by atoms with Crippen LogP contribution in [0, 0.1) is 12.8 Å². The normalized spacial score (nSPS) is 15.5. The van der Waals surface area contributed by atoms with E-state index in [0.29, 0.717) is 36.9 Å². The van der Waals surface area contributed by atoms with Crippen molar-refractivity contribution in [2.45, 2.75) is 59.0 Å². The van der Waals surface area contributed by atoms with Crippen molar-refractivity contribution in [1.82, 2.24) is 20.0 Å². The highest BCUT2D eigenvalue weighted by Crippen LogP contribution is 2.36. The van der Waals surface area contributed by atoms with Crippen LogP contribution in [-0.2, 0) is 24.8 Å². The van der Waals surface area contributed by atoms with Gasteiger partial charge in [-0.25, -0.2) is 0 Å². The Morgan fingerprint density at radius 1 is 1.13 bits per heavy atom. The van der Waals surface area contributed by atoms with Crippen LogP contribution >= 0.6 is 0 Å². The molecule has 2 aliphatic heterocycles. The van der Waals surface area contributed by atoms with Crippen molar-refractivity contribution in [3.8, 4) is 0 Å². The molecule has 3 heterocycles. The molecule has 3 aromatic rings. The van der Waals surface area contributed by atoms with Gasteiger partial charge < -0.3 is 20.4 Å². The number of amides is 2. The minimum atomic E-state index is -0.0550. The van der Waals surface area contributed by atoms with Crippen LogP contribution in [0.4, 0.5) is 17.2 Å². The molecule has 2 N–H and O–H groups in total. The molecule has 0 bridgehead atoms. The Hall–Kier alpha value is -3.65. The number of nitrogens with one attached hydrogen (secondary N) is 2. The number of fused-ring (bicyclic) bond motifs is 2. The number of carbonyl (C=O) groups excluding carboxylic acids is 2. The number of aromatic nitrogens is 2. The summed E-state index contributed by atoms with van der Waals surface area (Å²) in [4.78, 5) is 30.5. The van der Waals surface area contributed by atoms with E-state index in [0.717, 1.165) is 66.4 Å². The van der Waals surface area contributed by atoms with Gasteiger partial charge >= 0.3 is 0 Å². The minimum absolute atomic E-state index is 0.0550. The zero-order valence-corrected chi connectivity index (χ0v) is 23.5. The number of para-hydroxylation sites is 2. The van der Waals surface area contributed by atoms with Gasteiger partial charge in [0.05, 0.1) is 24.1 Å². The molecule has 2 amide bonds. The third-order valence-corrected chi connectivity index (χ3v) is 7.90. The lowest BCUT2D eigenvalue weighted by Gasteiger charge is -2.33. The molecule has 1 fully saturated rings. The van der Waals surface area contributed by atoms with Crippen LogP contribution < -0.4 is 15.5 Å². The number of anilines is 3. The highest BCUT2D eigenvalue weighted by molar-refractivity contribution is 6.08. The maximum absolute atomic E-state index is 13.8. The molecule has 0 unspecified atom stereocenters. The number of hydrogen-bond donors (Lipinski definition) is 2. The molecule has 1 aromatic heterocycles. The van der Waals surface area contributed by atoms with E-state index >= 15 is 0 Å². The fourth-order valence-electron chi connectivity index (χ4n) is 5.54. The largest absolute Gasteiger partial charge is 0.343 e. The van der Waals surface area contributed by atoms with E-state index in [9.17, 15) is 9.59 Å². The van der Waals surface area contributed by atoms with Gasteiger partial charge in [-0.05, 0) is 74.0 Å². The molecule has 8 nitrogen and oxygen atoms in total. The molecule has 206 valence electrons. The van der Waals surface area contributed by atoms with Crippen molar-refractivity contribution in [2.75, 3.05) is 29.9 Å². The Morgan fingerprint density at radius 2 is 1.90 bits per heavy atom.